The van der Waals surface area contributed by atoms with E-state index in [0.717, 1.165) is 16.8 Å². The fraction of sp³-hybridized carbons (Fsp3) is 0.125. The van der Waals surface area contributed by atoms with Gasteiger partial charge in [-0.2, -0.15) is 0 Å². The summed E-state index contributed by atoms with van der Waals surface area (Å²) in [5, 5.41) is 8.84. The highest BCUT2D eigenvalue weighted by atomic mass is 35.5. The summed E-state index contributed by atoms with van der Waals surface area (Å²) >= 11 is 5.98. The van der Waals surface area contributed by atoms with Crippen LogP contribution in [0.4, 0.5) is 5.69 Å². The van der Waals surface area contributed by atoms with Crippen molar-refractivity contribution in [3.05, 3.63) is 53.6 Å². The fourth-order valence-corrected chi connectivity index (χ4v) is 2.19. The van der Waals surface area contributed by atoms with Gasteiger partial charge in [-0.15, -0.1) is 10.2 Å². The zero-order valence-electron chi connectivity index (χ0n) is 11.7. The third-order valence-corrected chi connectivity index (χ3v) is 3.34. The minimum Gasteiger partial charge on any atom is -0.416 e. The molecule has 2 aromatic carbocycles. The molecule has 106 valence electrons. The third-order valence-electron chi connectivity index (χ3n) is 3.11. The first-order chi connectivity index (χ1) is 10.1. The van der Waals surface area contributed by atoms with Crippen LogP contribution in [-0.4, -0.2) is 24.3 Å². The van der Waals surface area contributed by atoms with Gasteiger partial charge in [0.1, 0.15) is 0 Å². The summed E-state index contributed by atoms with van der Waals surface area (Å²) in [5.74, 6) is 0.955. The van der Waals surface area contributed by atoms with E-state index >= 15 is 0 Å². The van der Waals surface area contributed by atoms with Gasteiger partial charge in [0.2, 0.25) is 11.8 Å². The SMILES string of the molecule is CN(C)c1cccc(-c2nnc(-c3cccc(Cl)c3)o2)c1. The Kier molecular flexibility index (Phi) is 3.62. The number of aromatic nitrogens is 2. The van der Waals surface area contributed by atoms with Gasteiger partial charge in [-0.05, 0) is 36.4 Å². The van der Waals surface area contributed by atoms with Gasteiger partial charge in [0.05, 0.1) is 0 Å². The van der Waals surface area contributed by atoms with Crippen LogP contribution in [0.1, 0.15) is 0 Å². The van der Waals surface area contributed by atoms with Crippen LogP contribution in [0.5, 0.6) is 0 Å². The fourth-order valence-electron chi connectivity index (χ4n) is 2.00. The lowest BCUT2D eigenvalue weighted by Gasteiger charge is -2.12. The van der Waals surface area contributed by atoms with E-state index in [4.69, 9.17) is 16.0 Å². The van der Waals surface area contributed by atoms with Crippen LogP contribution >= 0.6 is 11.6 Å². The quantitative estimate of drug-likeness (QED) is 0.729. The van der Waals surface area contributed by atoms with Crippen LogP contribution in [0.15, 0.2) is 52.9 Å². The van der Waals surface area contributed by atoms with Crippen LogP contribution < -0.4 is 4.90 Å². The average molecular weight is 300 g/mol. The van der Waals surface area contributed by atoms with Crippen molar-refractivity contribution in [3.63, 3.8) is 0 Å². The lowest BCUT2D eigenvalue weighted by Crippen LogP contribution is -2.08. The summed E-state index contributed by atoms with van der Waals surface area (Å²) in [6, 6.07) is 15.3. The Hall–Kier alpha value is -2.33. The van der Waals surface area contributed by atoms with Crippen LogP contribution in [0.25, 0.3) is 22.9 Å². The van der Waals surface area contributed by atoms with E-state index in [0.29, 0.717) is 16.8 Å². The topological polar surface area (TPSA) is 42.2 Å². The standard InChI is InChI=1S/C16H14ClN3O/c1-20(2)14-8-4-6-12(10-14)16-19-18-15(21-16)11-5-3-7-13(17)9-11/h3-10H,1-2H3. The molecule has 0 saturated carbocycles. The van der Waals surface area contributed by atoms with Crippen molar-refractivity contribution in [3.8, 4) is 22.9 Å². The molecular formula is C16H14ClN3O. The second-order valence-corrected chi connectivity index (χ2v) is 5.30. The smallest absolute Gasteiger partial charge is 0.248 e. The van der Waals surface area contributed by atoms with Gasteiger partial charge in [0, 0.05) is 35.9 Å². The predicted molar refractivity (Wildman–Crippen MR) is 84.5 cm³/mol. The first-order valence-corrected chi connectivity index (χ1v) is 6.88. The molecule has 0 unspecified atom stereocenters. The molecule has 1 aromatic heterocycles. The van der Waals surface area contributed by atoms with Gasteiger partial charge < -0.3 is 9.32 Å². The largest absolute Gasteiger partial charge is 0.416 e. The molecule has 0 saturated heterocycles. The maximum Gasteiger partial charge on any atom is 0.248 e. The molecule has 0 aliphatic heterocycles. The van der Waals surface area contributed by atoms with E-state index in [9.17, 15) is 0 Å². The Bertz CT molecular complexity index is 767. The molecule has 21 heavy (non-hydrogen) atoms. The van der Waals surface area contributed by atoms with Crippen LogP contribution in [0, 0.1) is 0 Å². The first kappa shape index (κ1) is 13.6. The Balaban J connectivity index is 1.97. The Labute approximate surface area is 128 Å². The van der Waals surface area contributed by atoms with Crippen molar-refractivity contribution in [2.45, 2.75) is 0 Å². The summed E-state index contributed by atoms with van der Waals surface area (Å²) in [6.45, 7) is 0. The summed E-state index contributed by atoms with van der Waals surface area (Å²) in [5.41, 5.74) is 2.78. The van der Waals surface area contributed by atoms with Gasteiger partial charge in [-0.25, -0.2) is 0 Å². The maximum absolute atomic E-state index is 5.98. The molecule has 0 amide bonds. The predicted octanol–water partition coefficient (Wildman–Crippen LogP) is 4.12. The number of halogens is 1. The lowest BCUT2D eigenvalue weighted by molar-refractivity contribution is 0.584. The van der Waals surface area contributed by atoms with Gasteiger partial charge in [0.25, 0.3) is 0 Å². The zero-order chi connectivity index (χ0) is 14.8. The molecular weight excluding hydrogens is 286 g/mol. The molecule has 0 fully saturated rings. The van der Waals surface area contributed by atoms with Gasteiger partial charge in [-0.1, -0.05) is 23.7 Å². The number of rotatable bonds is 3. The van der Waals surface area contributed by atoms with E-state index in [1.165, 1.54) is 0 Å². The number of hydrogen-bond acceptors (Lipinski definition) is 4. The number of anilines is 1. The van der Waals surface area contributed by atoms with Crippen LogP contribution in [-0.2, 0) is 0 Å². The second-order valence-electron chi connectivity index (χ2n) is 4.87. The first-order valence-electron chi connectivity index (χ1n) is 6.51. The summed E-state index contributed by atoms with van der Waals surface area (Å²) in [7, 11) is 3.98. The van der Waals surface area contributed by atoms with E-state index in [1.807, 2.05) is 61.5 Å². The normalized spacial score (nSPS) is 10.6. The van der Waals surface area contributed by atoms with Crippen LogP contribution in [0.2, 0.25) is 5.02 Å². The highest BCUT2D eigenvalue weighted by Crippen LogP contribution is 2.27. The Morgan fingerprint density at radius 1 is 0.905 bits per heavy atom. The molecule has 0 bridgehead atoms. The summed E-state index contributed by atoms with van der Waals surface area (Å²) < 4.78 is 5.75. The van der Waals surface area contributed by atoms with Crippen molar-refractivity contribution in [1.82, 2.24) is 10.2 Å². The average Bonchev–Trinajstić information content (AvgIpc) is 2.97. The van der Waals surface area contributed by atoms with E-state index in [-0.39, 0.29) is 0 Å². The lowest BCUT2D eigenvalue weighted by atomic mass is 10.2. The summed E-state index contributed by atoms with van der Waals surface area (Å²) in [6.07, 6.45) is 0. The van der Waals surface area contributed by atoms with Gasteiger partial charge in [0.15, 0.2) is 0 Å². The molecule has 3 aromatic rings. The molecule has 0 aliphatic carbocycles. The molecule has 0 spiro atoms. The van der Waals surface area contributed by atoms with Crippen molar-refractivity contribution in [2.75, 3.05) is 19.0 Å². The highest BCUT2D eigenvalue weighted by molar-refractivity contribution is 6.30. The van der Waals surface area contributed by atoms with Crippen molar-refractivity contribution in [1.29, 1.82) is 0 Å². The Morgan fingerprint density at radius 3 is 2.14 bits per heavy atom. The number of benzene rings is 2. The second kappa shape index (κ2) is 5.58. The molecule has 3 rings (SSSR count). The van der Waals surface area contributed by atoms with Crippen LogP contribution in [0.3, 0.4) is 0 Å². The molecule has 0 radical (unpaired) electrons. The molecule has 1 heterocycles. The van der Waals surface area contributed by atoms with E-state index in [1.54, 1.807) is 6.07 Å². The van der Waals surface area contributed by atoms with Crippen molar-refractivity contribution >= 4 is 17.3 Å². The van der Waals surface area contributed by atoms with Crippen molar-refractivity contribution < 1.29 is 4.42 Å². The minimum atomic E-state index is 0.461. The molecule has 0 atom stereocenters. The zero-order valence-corrected chi connectivity index (χ0v) is 12.5. The van der Waals surface area contributed by atoms with Gasteiger partial charge >= 0.3 is 0 Å². The number of nitrogens with zero attached hydrogens (tertiary/aromatic N) is 3. The number of hydrogen-bond donors (Lipinski definition) is 0. The molecule has 4 nitrogen and oxygen atoms in total. The summed E-state index contributed by atoms with van der Waals surface area (Å²) in [4.78, 5) is 2.03. The third kappa shape index (κ3) is 2.90. The maximum atomic E-state index is 5.98. The van der Waals surface area contributed by atoms with E-state index < -0.39 is 0 Å². The monoisotopic (exact) mass is 299 g/mol. The molecule has 5 heteroatoms. The molecule has 0 aliphatic rings. The Morgan fingerprint density at radius 2 is 1.52 bits per heavy atom. The van der Waals surface area contributed by atoms with Gasteiger partial charge in [-0.3, -0.25) is 0 Å². The highest BCUT2D eigenvalue weighted by Gasteiger charge is 2.11. The van der Waals surface area contributed by atoms with E-state index in [2.05, 4.69) is 10.2 Å². The van der Waals surface area contributed by atoms with Crippen molar-refractivity contribution in [2.24, 2.45) is 0 Å². The molecule has 0 N–H and O–H groups in total. The minimum absolute atomic E-state index is 0.461.